The van der Waals surface area contributed by atoms with Crippen LogP contribution in [0.5, 0.6) is 0 Å². The number of carbonyl (C=O) groups is 1. The summed E-state index contributed by atoms with van der Waals surface area (Å²) in [6.45, 7) is 10.3. The molecule has 3 rings (SSSR count). The Bertz CT molecular complexity index is 966. The van der Waals surface area contributed by atoms with E-state index in [-0.39, 0.29) is 18.4 Å². The number of nitrogens with zero attached hydrogens (tertiary/aromatic N) is 2. The molecule has 0 aliphatic heterocycles. The van der Waals surface area contributed by atoms with Gasteiger partial charge in [-0.1, -0.05) is 61.8 Å². The van der Waals surface area contributed by atoms with Gasteiger partial charge in [0.15, 0.2) is 0 Å². The molecule has 2 aromatic carbocycles. The highest BCUT2D eigenvalue weighted by Gasteiger charge is 2.24. The molecular weight excluding hydrogens is 419 g/mol. The molecule has 6 heteroatoms. The van der Waals surface area contributed by atoms with E-state index in [2.05, 4.69) is 35.4 Å². The number of halogens is 2. The molecule has 0 amide bonds. The molecule has 0 spiro atoms. The lowest BCUT2D eigenvalue weighted by atomic mass is 10.1. The van der Waals surface area contributed by atoms with E-state index in [0.717, 1.165) is 54.6 Å². The molecule has 0 bridgehead atoms. The largest absolute Gasteiger partial charge is 0.461 e. The van der Waals surface area contributed by atoms with Crippen molar-refractivity contribution in [2.75, 3.05) is 26.2 Å². The first kappa shape index (κ1) is 24.3. The topological polar surface area (TPSA) is 34.5 Å². The number of esters is 1. The normalized spacial score (nSPS) is 11.0. The maximum absolute atomic E-state index is 12.9. The van der Waals surface area contributed by atoms with Crippen molar-refractivity contribution in [2.24, 2.45) is 0 Å². The lowest BCUT2D eigenvalue weighted by molar-refractivity contribution is 0.0516. The van der Waals surface area contributed by atoms with Gasteiger partial charge in [-0.2, -0.15) is 0 Å². The number of carbonyl (C=O) groups excluding carboxylic acids is 1. The Hall–Kier alpha value is -2.01. The van der Waals surface area contributed by atoms with Crippen LogP contribution in [-0.2, 0) is 11.3 Å². The third kappa shape index (κ3) is 5.18. The number of hydrogen-bond donors (Lipinski definition) is 0. The number of rotatable bonds is 9. The summed E-state index contributed by atoms with van der Waals surface area (Å²) in [6, 6.07) is 15.9. The van der Waals surface area contributed by atoms with E-state index in [1.54, 1.807) is 0 Å². The molecule has 162 valence electrons. The van der Waals surface area contributed by atoms with Gasteiger partial charge in [0.1, 0.15) is 5.69 Å². The number of ether oxygens (including phenoxy) is 1. The van der Waals surface area contributed by atoms with Crippen molar-refractivity contribution in [3.8, 4) is 11.3 Å². The van der Waals surface area contributed by atoms with Crippen LogP contribution in [0.3, 0.4) is 0 Å². The summed E-state index contributed by atoms with van der Waals surface area (Å²) >= 11 is 6.33. The minimum atomic E-state index is -0.287. The molecule has 0 unspecified atom stereocenters. The van der Waals surface area contributed by atoms with Gasteiger partial charge >= 0.3 is 5.97 Å². The molecule has 0 saturated heterocycles. The molecule has 0 N–H and O–H groups in total. The zero-order valence-electron chi connectivity index (χ0n) is 17.9. The maximum Gasteiger partial charge on any atom is 0.355 e. The highest BCUT2D eigenvalue weighted by Crippen LogP contribution is 2.36. The first-order valence-electron chi connectivity index (χ1n) is 10.4. The van der Waals surface area contributed by atoms with Crippen molar-refractivity contribution in [1.82, 2.24) is 9.47 Å². The van der Waals surface area contributed by atoms with Crippen molar-refractivity contribution >= 4 is 40.7 Å². The molecule has 0 aliphatic carbocycles. The third-order valence-corrected chi connectivity index (χ3v) is 5.53. The summed E-state index contributed by atoms with van der Waals surface area (Å²) in [6.07, 6.45) is 0.947. The van der Waals surface area contributed by atoms with Gasteiger partial charge in [-0.25, -0.2) is 4.79 Å². The summed E-state index contributed by atoms with van der Waals surface area (Å²) in [5, 5.41) is 2.52. The Balaban J connectivity index is 0.00000320. The van der Waals surface area contributed by atoms with E-state index in [1.165, 1.54) is 0 Å². The molecule has 1 heterocycles. The number of benzene rings is 2. The first-order valence-corrected chi connectivity index (χ1v) is 10.7. The van der Waals surface area contributed by atoms with Gasteiger partial charge in [0.25, 0.3) is 0 Å². The standard InChI is InChI=1S/C24H29ClN2O2.ClH/c1-4-26(5-2)15-10-16-27-22(18-11-8-7-9-12-18)21-17-19(25)13-14-20(21)23(27)24(28)29-6-3;/h7-9,11-14,17H,4-6,10,15-16H2,1-3H3;1H. The molecular formula is C24H30Cl2N2O2. The van der Waals surface area contributed by atoms with Crippen molar-refractivity contribution in [1.29, 1.82) is 0 Å². The SMILES string of the molecule is CCOC(=O)c1c2ccc(Cl)cc2c(-c2ccccc2)n1CCCN(CC)CC.Cl. The molecule has 3 aromatic rings. The third-order valence-electron chi connectivity index (χ3n) is 5.30. The van der Waals surface area contributed by atoms with Crippen LogP contribution in [-0.4, -0.2) is 41.7 Å². The molecule has 4 nitrogen and oxygen atoms in total. The Morgan fingerprint density at radius 3 is 2.37 bits per heavy atom. The second-order valence-corrected chi connectivity index (χ2v) is 7.44. The van der Waals surface area contributed by atoms with Crippen LogP contribution in [0.4, 0.5) is 0 Å². The molecule has 0 atom stereocenters. The first-order chi connectivity index (χ1) is 14.1. The van der Waals surface area contributed by atoms with E-state index in [1.807, 2.05) is 43.3 Å². The summed E-state index contributed by atoms with van der Waals surface area (Å²) in [4.78, 5) is 15.3. The van der Waals surface area contributed by atoms with Gasteiger partial charge in [-0.05, 0) is 50.7 Å². The summed E-state index contributed by atoms with van der Waals surface area (Å²) in [5.41, 5.74) is 2.70. The number of aromatic nitrogens is 1. The maximum atomic E-state index is 12.9. The van der Waals surface area contributed by atoms with E-state index in [9.17, 15) is 4.79 Å². The van der Waals surface area contributed by atoms with E-state index in [4.69, 9.17) is 16.3 Å². The second kappa shape index (κ2) is 11.4. The number of hydrogen-bond acceptors (Lipinski definition) is 3. The lowest BCUT2D eigenvalue weighted by Crippen LogP contribution is -2.25. The smallest absolute Gasteiger partial charge is 0.355 e. The van der Waals surface area contributed by atoms with E-state index < -0.39 is 0 Å². The Morgan fingerprint density at radius 2 is 1.73 bits per heavy atom. The molecule has 0 fully saturated rings. The average Bonchev–Trinajstić information content (AvgIpc) is 3.05. The average molecular weight is 449 g/mol. The van der Waals surface area contributed by atoms with Gasteiger partial charge in [0.05, 0.1) is 12.3 Å². The molecule has 0 radical (unpaired) electrons. The minimum Gasteiger partial charge on any atom is -0.461 e. The van der Waals surface area contributed by atoms with Gasteiger partial charge in [0, 0.05) is 22.3 Å². The highest BCUT2D eigenvalue weighted by molar-refractivity contribution is 6.31. The second-order valence-electron chi connectivity index (χ2n) is 7.01. The Labute approximate surface area is 190 Å². The van der Waals surface area contributed by atoms with Crippen molar-refractivity contribution in [3.63, 3.8) is 0 Å². The van der Waals surface area contributed by atoms with Crippen molar-refractivity contribution in [2.45, 2.75) is 33.7 Å². The Morgan fingerprint density at radius 1 is 1.03 bits per heavy atom. The van der Waals surface area contributed by atoms with Crippen molar-refractivity contribution in [3.05, 3.63) is 59.2 Å². The molecule has 0 aliphatic rings. The zero-order chi connectivity index (χ0) is 20.8. The van der Waals surface area contributed by atoms with Gasteiger partial charge < -0.3 is 14.2 Å². The van der Waals surface area contributed by atoms with E-state index in [0.29, 0.717) is 17.3 Å². The van der Waals surface area contributed by atoms with E-state index >= 15 is 0 Å². The molecule has 30 heavy (non-hydrogen) atoms. The van der Waals surface area contributed by atoms with Crippen LogP contribution in [0.2, 0.25) is 5.02 Å². The predicted molar refractivity (Wildman–Crippen MR) is 128 cm³/mol. The van der Waals surface area contributed by atoms with Crippen LogP contribution >= 0.6 is 24.0 Å². The van der Waals surface area contributed by atoms with Gasteiger partial charge in [-0.15, -0.1) is 12.4 Å². The van der Waals surface area contributed by atoms with Crippen LogP contribution in [0.1, 0.15) is 37.7 Å². The molecule has 0 saturated carbocycles. The van der Waals surface area contributed by atoms with Crippen LogP contribution in [0.25, 0.3) is 22.0 Å². The fraction of sp³-hybridized carbons (Fsp3) is 0.375. The highest BCUT2D eigenvalue weighted by atomic mass is 35.5. The number of fused-ring (bicyclic) bond motifs is 1. The van der Waals surface area contributed by atoms with Crippen LogP contribution < -0.4 is 0 Å². The van der Waals surface area contributed by atoms with Crippen LogP contribution in [0, 0.1) is 0 Å². The lowest BCUT2D eigenvalue weighted by Gasteiger charge is -2.19. The van der Waals surface area contributed by atoms with Gasteiger partial charge in [0.2, 0.25) is 0 Å². The summed E-state index contributed by atoms with van der Waals surface area (Å²) in [5.74, 6) is -0.287. The summed E-state index contributed by atoms with van der Waals surface area (Å²) < 4.78 is 7.55. The monoisotopic (exact) mass is 448 g/mol. The minimum absolute atomic E-state index is 0. The summed E-state index contributed by atoms with van der Waals surface area (Å²) in [7, 11) is 0. The predicted octanol–water partition coefficient (Wildman–Crippen LogP) is 6.29. The Kier molecular flexibility index (Phi) is 9.22. The fourth-order valence-electron chi connectivity index (χ4n) is 3.86. The zero-order valence-corrected chi connectivity index (χ0v) is 19.4. The van der Waals surface area contributed by atoms with Crippen LogP contribution in [0.15, 0.2) is 48.5 Å². The molecule has 1 aromatic heterocycles. The quantitative estimate of drug-likeness (QED) is 0.360. The fourth-order valence-corrected chi connectivity index (χ4v) is 4.04. The van der Waals surface area contributed by atoms with Crippen molar-refractivity contribution < 1.29 is 9.53 Å². The van der Waals surface area contributed by atoms with Gasteiger partial charge in [-0.3, -0.25) is 0 Å².